The summed E-state index contributed by atoms with van der Waals surface area (Å²) in [7, 11) is 3.96. The van der Waals surface area contributed by atoms with Gasteiger partial charge in [-0.25, -0.2) is 9.97 Å². The lowest BCUT2D eigenvalue weighted by molar-refractivity contribution is -0.383. The molecular formula is C20H23N7O2. The van der Waals surface area contributed by atoms with Gasteiger partial charge in [-0.2, -0.15) is 0 Å². The third-order valence-corrected chi connectivity index (χ3v) is 5.45. The number of benzene rings is 1. The van der Waals surface area contributed by atoms with Crippen LogP contribution in [0.5, 0.6) is 0 Å². The number of hydrogen-bond acceptors (Lipinski definition) is 8. The normalized spacial score (nSPS) is 15.4. The van der Waals surface area contributed by atoms with Crippen LogP contribution in [-0.2, 0) is 0 Å². The maximum absolute atomic E-state index is 12.0. The molecule has 1 aromatic carbocycles. The second-order valence-electron chi connectivity index (χ2n) is 7.30. The van der Waals surface area contributed by atoms with Crippen LogP contribution >= 0.6 is 0 Å². The highest BCUT2D eigenvalue weighted by Crippen LogP contribution is 2.36. The summed E-state index contributed by atoms with van der Waals surface area (Å²) in [4.78, 5) is 28.5. The zero-order valence-electron chi connectivity index (χ0n) is 16.4. The molecule has 0 spiro atoms. The number of hydrogen-bond donors (Lipinski definition) is 1. The Morgan fingerprint density at radius 3 is 2.72 bits per heavy atom. The van der Waals surface area contributed by atoms with Gasteiger partial charge in [0.05, 0.1) is 10.4 Å². The second-order valence-corrected chi connectivity index (χ2v) is 7.30. The van der Waals surface area contributed by atoms with Crippen LogP contribution in [0.3, 0.4) is 0 Å². The van der Waals surface area contributed by atoms with Gasteiger partial charge >= 0.3 is 5.69 Å². The van der Waals surface area contributed by atoms with Gasteiger partial charge in [0, 0.05) is 30.4 Å². The number of nitrogens with one attached hydrogen (secondary N) is 1. The summed E-state index contributed by atoms with van der Waals surface area (Å²) in [6.07, 6.45) is 4.96. The Kier molecular flexibility index (Phi) is 5.22. The standard InChI is InChI=1S/C20H23N7O2/c1-25-11-8-14(9-12-25)26(2)20-18(27(28)29)19(22-13-23-20)24-17-7-3-6-16-15(17)5-4-10-21-16/h3-7,10,13-14H,8-9,11-12H2,1-2H3,(H,22,23,24). The molecule has 0 unspecified atom stereocenters. The van der Waals surface area contributed by atoms with Crippen molar-refractivity contribution < 1.29 is 4.92 Å². The summed E-state index contributed by atoms with van der Waals surface area (Å²) < 4.78 is 0. The van der Waals surface area contributed by atoms with Crippen LogP contribution in [0.1, 0.15) is 12.8 Å². The molecule has 3 heterocycles. The van der Waals surface area contributed by atoms with Crippen molar-refractivity contribution in [1.82, 2.24) is 19.9 Å². The van der Waals surface area contributed by atoms with Gasteiger partial charge in [-0.1, -0.05) is 6.07 Å². The molecule has 3 aromatic rings. The fraction of sp³-hybridized carbons (Fsp3) is 0.350. The minimum atomic E-state index is -0.410. The Morgan fingerprint density at radius 2 is 1.97 bits per heavy atom. The van der Waals surface area contributed by atoms with Gasteiger partial charge < -0.3 is 15.1 Å². The molecule has 1 N–H and O–H groups in total. The lowest BCUT2D eigenvalue weighted by atomic mass is 10.0. The average Bonchev–Trinajstić information content (AvgIpc) is 2.74. The summed E-state index contributed by atoms with van der Waals surface area (Å²) in [5.74, 6) is 0.511. The fourth-order valence-electron chi connectivity index (χ4n) is 3.78. The number of pyridine rings is 1. The molecule has 0 atom stereocenters. The molecule has 1 saturated heterocycles. The first-order valence-electron chi connectivity index (χ1n) is 9.56. The van der Waals surface area contributed by atoms with Gasteiger partial charge in [-0.3, -0.25) is 15.1 Å². The average molecular weight is 393 g/mol. The van der Waals surface area contributed by atoms with E-state index in [9.17, 15) is 10.1 Å². The van der Waals surface area contributed by atoms with Crippen LogP contribution in [0.25, 0.3) is 10.9 Å². The molecule has 150 valence electrons. The Morgan fingerprint density at radius 1 is 1.17 bits per heavy atom. The highest BCUT2D eigenvalue weighted by Gasteiger charge is 2.30. The Balaban J connectivity index is 1.71. The Bertz CT molecular complexity index is 1030. The molecule has 29 heavy (non-hydrogen) atoms. The van der Waals surface area contributed by atoms with E-state index >= 15 is 0 Å². The van der Waals surface area contributed by atoms with Crippen LogP contribution in [0, 0.1) is 10.1 Å². The maximum Gasteiger partial charge on any atom is 0.353 e. The van der Waals surface area contributed by atoms with Crippen molar-refractivity contribution in [1.29, 1.82) is 0 Å². The topological polar surface area (TPSA) is 100 Å². The largest absolute Gasteiger partial charge is 0.353 e. The van der Waals surface area contributed by atoms with E-state index in [0.29, 0.717) is 11.5 Å². The van der Waals surface area contributed by atoms with Crippen molar-refractivity contribution in [3.63, 3.8) is 0 Å². The first-order chi connectivity index (χ1) is 14.0. The van der Waals surface area contributed by atoms with Crippen molar-refractivity contribution in [3.8, 4) is 0 Å². The molecule has 2 aromatic heterocycles. The molecule has 0 bridgehead atoms. The minimum absolute atomic E-state index is 0.116. The van der Waals surface area contributed by atoms with Crippen LogP contribution < -0.4 is 10.2 Å². The first-order valence-corrected chi connectivity index (χ1v) is 9.56. The number of piperidine rings is 1. The van der Waals surface area contributed by atoms with Gasteiger partial charge in [0.2, 0.25) is 11.6 Å². The smallest absolute Gasteiger partial charge is 0.351 e. The van der Waals surface area contributed by atoms with Crippen LogP contribution in [-0.4, -0.2) is 58.0 Å². The number of nitro groups is 1. The van der Waals surface area contributed by atoms with Crippen molar-refractivity contribution in [3.05, 3.63) is 53.0 Å². The predicted octanol–water partition coefficient (Wildman–Crippen LogP) is 3.21. The second kappa shape index (κ2) is 7.96. The van der Waals surface area contributed by atoms with Gasteiger partial charge in [-0.05, 0) is 57.2 Å². The van der Waals surface area contributed by atoms with Gasteiger partial charge in [0.25, 0.3) is 0 Å². The maximum atomic E-state index is 12.0. The first kappa shape index (κ1) is 19.0. The van der Waals surface area contributed by atoms with E-state index < -0.39 is 4.92 Å². The molecule has 1 aliphatic heterocycles. The zero-order chi connectivity index (χ0) is 20.4. The highest BCUT2D eigenvalue weighted by atomic mass is 16.6. The molecule has 0 saturated carbocycles. The van der Waals surface area contributed by atoms with E-state index in [1.54, 1.807) is 6.20 Å². The van der Waals surface area contributed by atoms with Gasteiger partial charge in [0.15, 0.2) is 0 Å². The summed E-state index contributed by atoms with van der Waals surface area (Å²) in [5, 5.41) is 16.0. The highest BCUT2D eigenvalue weighted by molar-refractivity contribution is 5.93. The van der Waals surface area contributed by atoms with Gasteiger partial charge in [0.1, 0.15) is 6.33 Å². The van der Waals surface area contributed by atoms with Crippen LogP contribution in [0.4, 0.5) is 23.0 Å². The minimum Gasteiger partial charge on any atom is -0.351 e. The molecule has 1 aliphatic rings. The van der Waals surface area contributed by atoms with E-state index in [-0.39, 0.29) is 17.5 Å². The molecular weight excluding hydrogens is 370 g/mol. The third-order valence-electron chi connectivity index (χ3n) is 5.45. The van der Waals surface area contributed by atoms with Crippen molar-refractivity contribution in [2.24, 2.45) is 0 Å². The Hall–Kier alpha value is -3.33. The monoisotopic (exact) mass is 393 g/mol. The van der Waals surface area contributed by atoms with Crippen LogP contribution in [0.2, 0.25) is 0 Å². The molecule has 0 amide bonds. The Labute approximate surface area is 168 Å². The van der Waals surface area contributed by atoms with E-state index in [4.69, 9.17) is 0 Å². The number of rotatable bonds is 5. The summed E-state index contributed by atoms with van der Waals surface area (Å²) in [6, 6.07) is 9.57. The summed E-state index contributed by atoms with van der Waals surface area (Å²) in [6.45, 7) is 1.92. The number of nitrogens with zero attached hydrogens (tertiary/aromatic N) is 6. The fourth-order valence-corrected chi connectivity index (χ4v) is 3.78. The summed E-state index contributed by atoms with van der Waals surface area (Å²) in [5.41, 5.74) is 1.40. The van der Waals surface area contributed by atoms with Crippen molar-refractivity contribution >= 4 is 33.9 Å². The SMILES string of the molecule is CN1CCC(N(C)c2ncnc(Nc3cccc4ncccc34)c2[N+](=O)[O-])CC1. The van der Waals surface area contributed by atoms with Crippen molar-refractivity contribution in [2.75, 3.05) is 37.4 Å². The van der Waals surface area contributed by atoms with E-state index in [0.717, 1.165) is 36.8 Å². The lowest BCUT2D eigenvalue weighted by Gasteiger charge is -2.35. The molecule has 4 rings (SSSR count). The number of aromatic nitrogens is 3. The van der Waals surface area contributed by atoms with E-state index in [1.165, 1.54) is 6.33 Å². The zero-order valence-corrected chi connectivity index (χ0v) is 16.4. The van der Waals surface area contributed by atoms with Crippen LogP contribution in [0.15, 0.2) is 42.9 Å². The molecule has 1 fully saturated rings. The molecule has 0 radical (unpaired) electrons. The van der Waals surface area contributed by atoms with E-state index in [2.05, 4.69) is 32.2 Å². The predicted molar refractivity (Wildman–Crippen MR) is 113 cm³/mol. The molecule has 0 aliphatic carbocycles. The number of fused-ring (bicyclic) bond motifs is 1. The number of anilines is 3. The quantitative estimate of drug-likeness (QED) is 0.521. The lowest BCUT2D eigenvalue weighted by Crippen LogP contribution is -2.42. The molecule has 9 heteroatoms. The number of likely N-dealkylation sites (tertiary alicyclic amines) is 1. The summed E-state index contributed by atoms with van der Waals surface area (Å²) >= 11 is 0. The van der Waals surface area contributed by atoms with Crippen molar-refractivity contribution in [2.45, 2.75) is 18.9 Å². The molecule has 9 nitrogen and oxygen atoms in total. The van der Waals surface area contributed by atoms with E-state index in [1.807, 2.05) is 42.3 Å². The third kappa shape index (κ3) is 3.81. The van der Waals surface area contributed by atoms with Gasteiger partial charge in [-0.15, -0.1) is 0 Å².